The maximum atomic E-state index is 12.3. The van der Waals surface area contributed by atoms with Crippen molar-refractivity contribution in [3.8, 4) is 11.5 Å². The molecule has 2 rings (SSSR count). The summed E-state index contributed by atoms with van der Waals surface area (Å²) in [5, 5.41) is 9.72. The Hall–Kier alpha value is -2.49. The maximum absolute atomic E-state index is 12.3. The third-order valence-corrected chi connectivity index (χ3v) is 3.04. The molecule has 2 aromatic rings. The molecule has 0 spiro atoms. The molecule has 4 nitrogen and oxygen atoms in total. The SMILES string of the molecule is COc1ccc(C(=O)N(C)Cc2ccccc2)cc1O. The number of rotatable bonds is 4. The van der Waals surface area contributed by atoms with Gasteiger partial charge in [0.15, 0.2) is 11.5 Å². The van der Waals surface area contributed by atoms with E-state index in [4.69, 9.17) is 4.74 Å². The Morgan fingerprint density at radius 3 is 2.50 bits per heavy atom. The molecule has 1 amide bonds. The van der Waals surface area contributed by atoms with Crippen LogP contribution in [-0.4, -0.2) is 30.1 Å². The van der Waals surface area contributed by atoms with Crippen molar-refractivity contribution >= 4 is 5.91 Å². The summed E-state index contributed by atoms with van der Waals surface area (Å²) >= 11 is 0. The van der Waals surface area contributed by atoms with Crippen molar-refractivity contribution in [3.05, 3.63) is 59.7 Å². The molecular weight excluding hydrogens is 254 g/mol. The molecule has 0 atom stereocenters. The zero-order valence-corrected chi connectivity index (χ0v) is 11.5. The van der Waals surface area contributed by atoms with Gasteiger partial charge in [-0.25, -0.2) is 0 Å². The van der Waals surface area contributed by atoms with E-state index in [-0.39, 0.29) is 11.7 Å². The number of aromatic hydroxyl groups is 1. The van der Waals surface area contributed by atoms with Gasteiger partial charge in [0.25, 0.3) is 5.91 Å². The average Bonchev–Trinajstić information content (AvgIpc) is 2.47. The minimum Gasteiger partial charge on any atom is -0.504 e. The Balaban J connectivity index is 2.12. The number of carbonyl (C=O) groups excluding carboxylic acids is 1. The Morgan fingerprint density at radius 1 is 1.20 bits per heavy atom. The summed E-state index contributed by atoms with van der Waals surface area (Å²) in [6.45, 7) is 0.520. The van der Waals surface area contributed by atoms with E-state index in [0.717, 1.165) is 5.56 Å². The lowest BCUT2D eigenvalue weighted by atomic mass is 10.1. The van der Waals surface area contributed by atoms with Crippen LogP contribution in [0.5, 0.6) is 11.5 Å². The van der Waals surface area contributed by atoms with Gasteiger partial charge in [0.1, 0.15) is 0 Å². The van der Waals surface area contributed by atoms with Crippen molar-refractivity contribution in [1.29, 1.82) is 0 Å². The van der Waals surface area contributed by atoms with Gasteiger partial charge in [-0.1, -0.05) is 30.3 Å². The predicted octanol–water partition coefficient (Wildman–Crippen LogP) is 2.67. The normalized spacial score (nSPS) is 10.1. The van der Waals surface area contributed by atoms with E-state index in [1.165, 1.54) is 13.2 Å². The second-order valence-electron chi connectivity index (χ2n) is 4.53. The molecule has 1 N–H and O–H groups in total. The topological polar surface area (TPSA) is 49.8 Å². The molecule has 0 heterocycles. The zero-order chi connectivity index (χ0) is 14.5. The van der Waals surface area contributed by atoms with Crippen LogP contribution in [0.4, 0.5) is 0 Å². The monoisotopic (exact) mass is 271 g/mol. The molecule has 0 fully saturated rings. The summed E-state index contributed by atoms with van der Waals surface area (Å²) in [7, 11) is 3.20. The summed E-state index contributed by atoms with van der Waals surface area (Å²) in [6.07, 6.45) is 0. The smallest absolute Gasteiger partial charge is 0.254 e. The van der Waals surface area contributed by atoms with Crippen LogP contribution in [0, 0.1) is 0 Å². The molecular formula is C16H17NO3. The molecule has 0 saturated carbocycles. The number of hydrogen-bond acceptors (Lipinski definition) is 3. The summed E-state index contributed by atoms with van der Waals surface area (Å²) in [4.78, 5) is 13.9. The van der Waals surface area contributed by atoms with E-state index in [0.29, 0.717) is 17.9 Å². The van der Waals surface area contributed by atoms with Crippen LogP contribution >= 0.6 is 0 Å². The summed E-state index contributed by atoms with van der Waals surface area (Å²) in [5.74, 6) is 0.172. The lowest BCUT2D eigenvalue weighted by Gasteiger charge is -2.17. The second-order valence-corrected chi connectivity index (χ2v) is 4.53. The number of phenols is 1. The fourth-order valence-corrected chi connectivity index (χ4v) is 1.97. The molecule has 104 valence electrons. The lowest BCUT2D eigenvalue weighted by molar-refractivity contribution is 0.0784. The third kappa shape index (κ3) is 3.09. The lowest BCUT2D eigenvalue weighted by Crippen LogP contribution is -2.26. The first-order valence-electron chi connectivity index (χ1n) is 6.28. The highest BCUT2D eigenvalue weighted by Gasteiger charge is 2.14. The van der Waals surface area contributed by atoms with Crippen molar-refractivity contribution in [2.24, 2.45) is 0 Å². The first kappa shape index (κ1) is 13.9. The minimum absolute atomic E-state index is 0.0357. The van der Waals surface area contributed by atoms with Gasteiger partial charge in [-0.15, -0.1) is 0 Å². The third-order valence-electron chi connectivity index (χ3n) is 3.04. The Bertz CT molecular complexity index is 596. The Kier molecular flexibility index (Phi) is 4.25. The van der Waals surface area contributed by atoms with Crippen molar-refractivity contribution in [1.82, 2.24) is 4.90 Å². The number of phenolic OH excluding ortho intramolecular Hbond substituents is 1. The van der Waals surface area contributed by atoms with Gasteiger partial charge < -0.3 is 14.7 Å². The number of nitrogens with zero attached hydrogens (tertiary/aromatic N) is 1. The van der Waals surface area contributed by atoms with Crippen LogP contribution in [0.15, 0.2) is 48.5 Å². The molecule has 0 aromatic heterocycles. The highest BCUT2D eigenvalue weighted by atomic mass is 16.5. The van der Waals surface area contributed by atoms with Crippen molar-refractivity contribution < 1.29 is 14.6 Å². The summed E-state index contributed by atoms with van der Waals surface area (Å²) in [5.41, 5.74) is 1.49. The van der Waals surface area contributed by atoms with Gasteiger partial charge in [-0.3, -0.25) is 4.79 Å². The van der Waals surface area contributed by atoms with Gasteiger partial charge in [0, 0.05) is 19.2 Å². The largest absolute Gasteiger partial charge is 0.504 e. The Morgan fingerprint density at radius 2 is 1.90 bits per heavy atom. The first-order chi connectivity index (χ1) is 9.61. The van der Waals surface area contributed by atoms with Crippen LogP contribution in [-0.2, 0) is 6.54 Å². The van der Waals surface area contributed by atoms with E-state index in [9.17, 15) is 9.90 Å². The number of amides is 1. The number of methoxy groups -OCH3 is 1. The molecule has 20 heavy (non-hydrogen) atoms. The molecule has 0 unspecified atom stereocenters. The fraction of sp³-hybridized carbons (Fsp3) is 0.188. The quantitative estimate of drug-likeness (QED) is 0.930. The highest BCUT2D eigenvalue weighted by molar-refractivity contribution is 5.94. The molecule has 0 aliphatic rings. The van der Waals surface area contributed by atoms with Crippen molar-refractivity contribution in [2.45, 2.75) is 6.54 Å². The maximum Gasteiger partial charge on any atom is 0.254 e. The number of hydrogen-bond donors (Lipinski definition) is 1. The standard InChI is InChI=1S/C16H17NO3/c1-17(11-12-6-4-3-5-7-12)16(19)13-8-9-15(20-2)14(18)10-13/h3-10,18H,11H2,1-2H3. The van der Waals surface area contributed by atoms with Crippen molar-refractivity contribution in [3.63, 3.8) is 0 Å². The molecule has 0 bridgehead atoms. The molecule has 0 aliphatic carbocycles. The van der Waals surface area contributed by atoms with E-state index in [1.54, 1.807) is 24.1 Å². The average molecular weight is 271 g/mol. The van der Waals surface area contributed by atoms with Gasteiger partial charge in [-0.05, 0) is 23.8 Å². The van der Waals surface area contributed by atoms with Crippen LogP contribution in [0.1, 0.15) is 15.9 Å². The Labute approximate surface area is 118 Å². The minimum atomic E-state index is -0.146. The van der Waals surface area contributed by atoms with Gasteiger partial charge >= 0.3 is 0 Å². The van der Waals surface area contributed by atoms with Crippen LogP contribution in [0.2, 0.25) is 0 Å². The van der Waals surface area contributed by atoms with E-state index < -0.39 is 0 Å². The second kappa shape index (κ2) is 6.10. The number of carbonyl (C=O) groups is 1. The molecule has 0 aliphatic heterocycles. The van der Waals surface area contributed by atoms with E-state index in [2.05, 4.69) is 0 Å². The van der Waals surface area contributed by atoms with Crippen molar-refractivity contribution in [2.75, 3.05) is 14.2 Å². The number of benzene rings is 2. The van der Waals surface area contributed by atoms with E-state index >= 15 is 0 Å². The van der Waals surface area contributed by atoms with Gasteiger partial charge in [-0.2, -0.15) is 0 Å². The molecule has 2 aromatic carbocycles. The van der Waals surface area contributed by atoms with Gasteiger partial charge in [0.2, 0.25) is 0 Å². The predicted molar refractivity (Wildman–Crippen MR) is 76.9 cm³/mol. The van der Waals surface area contributed by atoms with Crippen LogP contribution in [0.3, 0.4) is 0 Å². The van der Waals surface area contributed by atoms with Gasteiger partial charge in [0.05, 0.1) is 7.11 Å². The van der Waals surface area contributed by atoms with Crippen LogP contribution < -0.4 is 4.74 Å². The summed E-state index contributed by atoms with van der Waals surface area (Å²) in [6, 6.07) is 14.4. The fourth-order valence-electron chi connectivity index (χ4n) is 1.97. The molecule has 4 heteroatoms. The first-order valence-corrected chi connectivity index (χ1v) is 6.28. The van der Waals surface area contributed by atoms with Crippen LogP contribution in [0.25, 0.3) is 0 Å². The zero-order valence-electron chi connectivity index (χ0n) is 11.5. The summed E-state index contributed by atoms with van der Waals surface area (Å²) < 4.78 is 4.96. The number of ether oxygens (including phenoxy) is 1. The highest BCUT2D eigenvalue weighted by Crippen LogP contribution is 2.26. The van der Waals surface area contributed by atoms with E-state index in [1.807, 2.05) is 30.3 Å². The molecule has 0 radical (unpaired) electrons. The molecule has 0 saturated heterocycles.